The second kappa shape index (κ2) is 8.08. The van der Waals surface area contributed by atoms with E-state index >= 15 is 0 Å². The molecular weight excluding hydrogens is 324 g/mol. The Morgan fingerprint density at radius 3 is 2.50 bits per heavy atom. The molecule has 6 nitrogen and oxygen atoms in total. The van der Waals surface area contributed by atoms with E-state index in [2.05, 4.69) is 26.3 Å². The molecule has 2 aromatic heterocycles. The Morgan fingerprint density at radius 2 is 1.81 bits per heavy atom. The van der Waals surface area contributed by atoms with E-state index in [9.17, 15) is 0 Å². The van der Waals surface area contributed by atoms with Crippen LogP contribution in [-0.2, 0) is 6.42 Å². The van der Waals surface area contributed by atoms with Gasteiger partial charge in [0.1, 0.15) is 5.82 Å². The lowest BCUT2D eigenvalue weighted by Crippen LogP contribution is -2.23. The number of anilines is 3. The van der Waals surface area contributed by atoms with Gasteiger partial charge in [-0.3, -0.25) is 4.98 Å². The molecule has 0 amide bonds. The van der Waals surface area contributed by atoms with Crippen molar-refractivity contribution in [1.29, 1.82) is 5.26 Å². The predicted octanol–water partition coefficient (Wildman–Crippen LogP) is 3.47. The minimum atomic E-state index is 0.631. The zero-order valence-corrected chi connectivity index (χ0v) is 14.8. The summed E-state index contributed by atoms with van der Waals surface area (Å²) in [4.78, 5) is 15.2. The van der Waals surface area contributed by atoms with E-state index in [0.29, 0.717) is 11.5 Å². The first-order chi connectivity index (χ1) is 12.6. The summed E-state index contributed by atoms with van der Waals surface area (Å²) in [5.41, 5.74) is 3.63. The number of hydrogen-bond donors (Lipinski definition) is 1. The van der Waals surface area contributed by atoms with Crippen LogP contribution in [0.1, 0.15) is 16.8 Å². The SMILES string of the molecule is Cc1cc(Nc2ccc(C#N)cc2)nc(N(C)CCc2ccncc2)n1. The molecule has 0 bridgehead atoms. The number of hydrogen-bond acceptors (Lipinski definition) is 6. The third-order valence-corrected chi connectivity index (χ3v) is 3.96. The largest absolute Gasteiger partial charge is 0.343 e. The molecule has 0 saturated carbocycles. The number of nitrogens with zero attached hydrogens (tertiary/aromatic N) is 5. The molecule has 3 aromatic rings. The van der Waals surface area contributed by atoms with Gasteiger partial charge in [-0.25, -0.2) is 4.98 Å². The topological polar surface area (TPSA) is 77.7 Å². The minimum absolute atomic E-state index is 0.631. The van der Waals surface area contributed by atoms with E-state index in [1.54, 1.807) is 24.5 Å². The maximum Gasteiger partial charge on any atom is 0.227 e. The van der Waals surface area contributed by atoms with Gasteiger partial charge in [0.25, 0.3) is 0 Å². The highest BCUT2D eigenvalue weighted by atomic mass is 15.2. The molecule has 0 saturated heterocycles. The summed E-state index contributed by atoms with van der Waals surface area (Å²) in [5, 5.41) is 12.2. The lowest BCUT2D eigenvalue weighted by Gasteiger charge is -2.18. The molecule has 2 heterocycles. The van der Waals surface area contributed by atoms with Crippen LogP contribution in [0, 0.1) is 18.3 Å². The zero-order chi connectivity index (χ0) is 18.4. The molecule has 0 aliphatic heterocycles. The van der Waals surface area contributed by atoms with Crippen molar-refractivity contribution in [1.82, 2.24) is 15.0 Å². The van der Waals surface area contributed by atoms with Gasteiger partial charge >= 0.3 is 0 Å². The highest BCUT2D eigenvalue weighted by Gasteiger charge is 2.08. The summed E-state index contributed by atoms with van der Waals surface area (Å²) < 4.78 is 0. The van der Waals surface area contributed by atoms with E-state index in [1.807, 2.05) is 49.2 Å². The Hall–Kier alpha value is -3.46. The zero-order valence-electron chi connectivity index (χ0n) is 14.8. The second-order valence-corrected chi connectivity index (χ2v) is 6.04. The van der Waals surface area contributed by atoms with Crippen molar-refractivity contribution in [3.05, 3.63) is 71.7 Å². The van der Waals surface area contributed by atoms with Crippen LogP contribution >= 0.6 is 0 Å². The van der Waals surface area contributed by atoms with Crippen molar-refractivity contribution < 1.29 is 0 Å². The first-order valence-electron chi connectivity index (χ1n) is 8.37. The van der Waals surface area contributed by atoms with E-state index in [1.165, 1.54) is 5.56 Å². The summed E-state index contributed by atoms with van der Waals surface area (Å²) >= 11 is 0. The standard InChI is InChI=1S/C20H20N6/c1-15-13-19(24-18-5-3-17(14-21)4-6-18)25-20(23-15)26(2)12-9-16-7-10-22-11-8-16/h3-8,10-11,13H,9,12H2,1-2H3,(H,23,24,25). The van der Waals surface area contributed by atoms with Gasteiger partial charge in [0, 0.05) is 43.4 Å². The third kappa shape index (κ3) is 4.54. The van der Waals surface area contributed by atoms with Gasteiger partial charge in [-0.05, 0) is 55.3 Å². The second-order valence-electron chi connectivity index (χ2n) is 6.04. The van der Waals surface area contributed by atoms with Gasteiger partial charge in [-0.2, -0.15) is 10.2 Å². The van der Waals surface area contributed by atoms with Crippen LogP contribution in [0.5, 0.6) is 0 Å². The van der Waals surface area contributed by atoms with E-state index in [4.69, 9.17) is 5.26 Å². The van der Waals surface area contributed by atoms with E-state index in [-0.39, 0.29) is 0 Å². The predicted molar refractivity (Wildman–Crippen MR) is 102 cm³/mol. The van der Waals surface area contributed by atoms with Crippen molar-refractivity contribution in [3.63, 3.8) is 0 Å². The van der Waals surface area contributed by atoms with Gasteiger partial charge in [0.2, 0.25) is 5.95 Å². The monoisotopic (exact) mass is 344 g/mol. The molecular formula is C20H20N6. The van der Waals surface area contributed by atoms with Crippen LogP contribution in [0.4, 0.5) is 17.5 Å². The van der Waals surface area contributed by atoms with Crippen molar-refractivity contribution in [2.75, 3.05) is 23.8 Å². The quantitative estimate of drug-likeness (QED) is 0.738. The highest BCUT2D eigenvalue weighted by molar-refractivity contribution is 5.58. The normalized spacial score (nSPS) is 10.2. The van der Waals surface area contributed by atoms with Crippen molar-refractivity contribution in [2.24, 2.45) is 0 Å². The Balaban J connectivity index is 1.70. The molecule has 0 unspecified atom stereocenters. The Labute approximate surface area is 153 Å². The number of nitrogens with one attached hydrogen (secondary N) is 1. The van der Waals surface area contributed by atoms with E-state index < -0.39 is 0 Å². The summed E-state index contributed by atoms with van der Waals surface area (Å²) in [6.45, 7) is 2.76. The molecule has 3 rings (SSSR count). The van der Waals surface area contributed by atoms with Crippen LogP contribution in [0.15, 0.2) is 54.9 Å². The van der Waals surface area contributed by atoms with Crippen LogP contribution in [-0.4, -0.2) is 28.5 Å². The Kier molecular flexibility index (Phi) is 5.40. The molecule has 0 atom stereocenters. The number of rotatable bonds is 6. The van der Waals surface area contributed by atoms with E-state index in [0.717, 1.165) is 30.2 Å². The molecule has 1 N–H and O–H groups in total. The molecule has 130 valence electrons. The van der Waals surface area contributed by atoms with Gasteiger partial charge in [-0.15, -0.1) is 0 Å². The summed E-state index contributed by atoms with van der Waals surface area (Å²) in [5.74, 6) is 1.41. The van der Waals surface area contributed by atoms with Crippen molar-refractivity contribution in [3.8, 4) is 6.07 Å². The fourth-order valence-corrected chi connectivity index (χ4v) is 2.51. The molecule has 26 heavy (non-hydrogen) atoms. The van der Waals surface area contributed by atoms with Gasteiger partial charge in [0.15, 0.2) is 0 Å². The molecule has 0 spiro atoms. The Morgan fingerprint density at radius 1 is 1.08 bits per heavy atom. The van der Waals surface area contributed by atoms with Crippen molar-refractivity contribution >= 4 is 17.5 Å². The number of likely N-dealkylation sites (N-methyl/N-ethyl adjacent to an activating group) is 1. The van der Waals surface area contributed by atoms with Crippen molar-refractivity contribution in [2.45, 2.75) is 13.3 Å². The van der Waals surface area contributed by atoms with Gasteiger partial charge < -0.3 is 10.2 Å². The van der Waals surface area contributed by atoms with Crippen LogP contribution in [0.2, 0.25) is 0 Å². The lowest BCUT2D eigenvalue weighted by molar-refractivity contribution is 0.833. The molecule has 6 heteroatoms. The molecule has 0 radical (unpaired) electrons. The minimum Gasteiger partial charge on any atom is -0.343 e. The number of pyridine rings is 1. The van der Waals surface area contributed by atoms with Gasteiger partial charge in [0.05, 0.1) is 11.6 Å². The maximum atomic E-state index is 8.88. The number of aryl methyl sites for hydroxylation is 1. The number of aromatic nitrogens is 3. The third-order valence-electron chi connectivity index (χ3n) is 3.96. The molecule has 1 aromatic carbocycles. The number of benzene rings is 1. The summed E-state index contributed by atoms with van der Waals surface area (Å²) in [6.07, 6.45) is 4.50. The molecule has 0 aliphatic carbocycles. The average Bonchev–Trinajstić information content (AvgIpc) is 2.67. The first-order valence-corrected chi connectivity index (χ1v) is 8.37. The summed E-state index contributed by atoms with van der Waals surface area (Å²) in [6, 6.07) is 15.3. The van der Waals surface area contributed by atoms with Gasteiger partial charge in [-0.1, -0.05) is 0 Å². The molecule has 0 fully saturated rings. The highest BCUT2D eigenvalue weighted by Crippen LogP contribution is 2.18. The fraction of sp³-hybridized carbons (Fsp3) is 0.200. The molecule has 0 aliphatic rings. The average molecular weight is 344 g/mol. The maximum absolute atomic E-state index is 8.88. The first kappa shape index (κ1) is 17.4. The lowest BCUT2D eigenvalue weighted by atomic mass is 10.2. The Bertz CT molecular complexity index is 900. The summed E-state index contributed by atoms with van der Waals surface area (Å²) in [7, 11) is 1.99. The van der Waals surface area contributed by atoms with Crippen LogP contribution < -0.4 is 10.2 Å². The smallest absolute Gasteiger partial charge is 0.227 e. The number of nitriles is 1. The van der Waals surface area contributed by atoms with Crippen LogP contribution in [0.3, 0.4) is 0 Å². The van der Waals surface area contributed by atoms with Crippen LogP contribution in [0.25, 0.3) is 0 Å². The fourth-order valence-electron chi connectivity index (χ4n) is 2.51.